The van der Waals surface area contributed by atoms with E-state index in [9.17, 15) is 0 Å². The Labute approximate surface area is 132 Å². The molecule has 0 aromatic carbocycles. The van der Waals surface area contributed by atoms with E-state index in [4.69, 9.17) is 92.8 Å². The maximum atomic E-state index is 5.99. The van der Waals surface area contributed by atoms with Crippen LogP contribution in [-0.2, 0) is 0 Å². The van der Waals surface area contributed by atoms with Crippen LogP contribution >= 0.6 is 92.8 Å². The Morgan fingerprint density at radius 1 is 0.562 bits per heavy atom. The molecule has 2 rings (SSSR count). The number of hydrogen-bond acceptors (Lipinski definition) is 0. The third kappa shape index (κ3) is 1.52. The van der Waals surface area contributed by atoms with E-state index in [-0.39, 0.29) is 20.1 Å². The molecular weight excluding hydrogens is 380 g/mol. The van der Waals surface area contributed by atoms with Crippen molar-refractivity contribution in [1.29, 1.82) is 0 Å². The van der Waals surface area contributed by atoms with Gasteiger partial charge in [-0.2, -0.15) is 0 Å². The fraction of sp³-hybridized carbons (Fsp3) is 0.250. The highest BCUT2D eigenvalue weighted by molar-refractivity contribution is 6.71. The first-order valence-corrected chi connectivity index (χ1v) is 6.79. The predicted octanol–water partition coefficient (Wildman–Crippen LogP) is 6.04. The van der Waals surface area contributed by atoms with Gasteiger partial charge in [-0.3, -0.25) is 0 Å². The van der Waals surface area contributed by atoms with E-state index in [1.54, 1.807) is 0 Å². The summed E-state index contributed by atoms with van der Waals surface area (Å²) in [6.07, 6.45) is 0. The summed E-state index contributed by atoms with van der Waals surface area (Å²) in [6, 6.07) is 0. The molecule has 0 saturated carbocycles. The van der Waals surface area contributed by atoms with Gasteiger partial charge in [-0.05, 0) is 0 Å². The van der Waals surface area contributed by atoms with Crippen LogP contribution in [-0.4, -0.2) is 8.67 Å². The van der Waals surface area contributed by atoms with E-state index in [1.165, 1.54) is 0 Å². The van der Waals surface area contributed by atoms with Gasteiger partial charge >= 0.3 is 0 Å². The van der Waals surface area contributed by atoms with Crippen LogP contribution in [0.1, 0.15) is 0 Å². The van der Waals surface area contributed by atoms with Gasteiger partial charge in [0.05, 0.1) is 20.1 Å². The Bertz CT molecular complexity index is 434. The Hall–Kier alpha value is 1.54. The molecule has 0 bridgehead atoms. The van der Waals surface area contributed by atoms with Crippen molar-refractivity contribution in [2.24, 2.45) is 0 Å². The molecule has 8 heteroatoms. The minimum absolute atomic E-state index is 0.00892. The first-order chi connectivity index (χ1) is 7.14. The average Bonchev–Trinajstić information content (AvgIpc) is 2.20. The smallest absolute Gasteiger partial charge is 0.0915 e. The van der Waals surface area contributed by atoms with E-state index in [1.807, 2.05) is 0 Å². The lowest BCUT2D eigenvalue weighted by Crippen LogP contribution is -2.42. The fourth-order valence-electron chi connectivity index (χ4n) is 1.38. The van der Waals surface area contributed by atoms with Gasteiger partial charge in [0.1, 0.15) is 0 Å². The zero-order valence-electron chi connectivity index (χ0n) is 7.02. The van der Waals surface area contributed by atoms with E-state index >= 15 is 0 Å². The Balaban J connectivity index is 2.80. The molecule has 0 amide bonds. The van der Waals surface area contributed by atoms with Gasteiger partial charge in [-0.1, -0.05) is 92.8 Å². The summed E-state index contributed by atoms with van der Waals surface area (Å²) >= 11 is 47.6. The van der Waals surface area contributed by atoms with Gasteiger partial charge in [0, 0.05) is 11.1 Å². The van der Waals surface area contributed by atoms with Crippen LogP contribution in [0.4, 0.5) is 0 Å². The monoisotopic (exact) mass is 376 g/mol. The van der Waals surface area contributed by atoms with Crippen molar-refractivity contribution in [3.63, 3.8) is 0 Å². The molecule has 0 spiro atoms. The largest absolute Gasteiger partial charge is 0.191 e. The fourth-order valence-corrected chi connectivity index (χ4v) is 3.65. The summed E-state index contributed by atoms with van der Waals surface area (Å²) in [7, 11) is 0. The lowest BCUT2D eigenvalue weighted by atomic mass is 9.87. The highest BCUT2D eigenvalue weighted by Gasteiger charge is 2.59. The second kappa shape index (κ2) is 4.02. The molecule has 0 atom stereocenters. The minimum atomic E-state index is -1.77. The van der Waals surface area contributed by atoms with Crippen molar-refractivity contribution < 1.29 is 0 Å². The summed E-state index contributed by atoms with van der Waals surface area (Å²) < 4.78 is -3.55. The number of allylic oxidation sites excluding steroid dienone is 6. The lowest BCUT2D eigenvalue weighted by Gasteiger charge is -2.41. The van der Waals surface area contributed by atoms with E-state index in [2.05, 4.69) is 0 Å². The first kappa shape index (κ1) is 14.0. The third-order valence-corrected chi connectivity index (χ3v) is 6.73. The van der Waals surface area contributed by atoms with Crippen LogP contribution in [0.25, 0.3) is 0 Å². The van der Waals surface area contributed by atoms with Crippen LogP contribution in [0, 0.1) is 0 Å². The molecule has 0 unspecified atom stereocenters. The van der Waals surface area contributed by atoms with Gasteiger partial charge < -0.3 is 0 Å². The zero-order valence-corrected chi connectivity index (χ0v) is 13.1. The van der Waals surface area contributed by atoms with Crippen molar-refractivity contribution in [2.45, 2.75) is 8.67 Å². The van der Waals surface area contributed by atoms with E-state index in [0.717, 1.165) is 0 Å². The van der Waals surface area contributed by atoms with Crippen molar-refractivity contribution in [2.75, 3.05) is 0 Å². The van der Waals surface area contributed by atoms with Gasteiger partial charge in [0.2, 0.25) is 0 Å². The molecule has 0 nitrogen and oxygen atoms in total. The quantitative estimate of drug-likeness (QED) is 0.450. The van der Waals surface area contributed by atoms with Crippen molar-refractivity contribution >= 4 is 92.8 Å². The molecule has 0 fully saturated rings. The van der Waals surface area contributed by atoms with Gasteiger partial charge in [-0.25, -0.2) is 0 Å². The zero-order chi connectivity index (χ0) is 12.5. The summed E-state index contributed by atoms with van der Waals surface area (Å²) in [5.41, 5.74) is 0.778. The molecule has 0 heterocycles. The summed E-state index contributed by atoms with van der Waals surface area (Å²) in [5.74, 6) is 0. The Morgan fingerprint density at radius 2 is 0.812 bits per heavy atom. The molecule has 0 saturated heterocycles. The molecule has 2 aliphatic carbocycles. The van der Waals surface area contributed by atoms with Gasteiger partial charge in [0.25, 0.3) is 0 Å². The van der Waals surface area contributed by atoms with Crippen LogP contribution in [0.3, 0.4) is 0 Å². The van der Waals surface area contributed by atoms with Crippen LogP contribution < -0.4 is 0 Å². The minimum Gasteiger partial charge on any atom is -0.0915 e. The second-order valence-electron chi connectivity index (χ2n) is 3.15. The number of halogens is 8. The molecule has 0 aromatic heterocycles. The van der Waals surface area contributed by atoms with E-state index in [0.29, 0.717) is 11.1 Å². The first-order valence-electron chi connectivity index (χ1n) is 3.76. The molecule has 0 radical (unpaired) electrons. The number of hydrogen-bond donors (Lipinski definition) is 0. The third-order valence-electron chi connectivity index (χ3n) is 2.27. The summed E-state index contributed by atoms with van der Waals surface area (Å²) in [5, 5.41) is 0.507. The molecule has 16 heavy (non-hydrogen) atoms. The molecule has 2 aliphatic rings. The second-order valence-corrected chi connectivity index (χ2v) is 7.32. The topological polar surface area (TPSA) is 0 Å². The summed E-state index contributed by atoms with van der Waals surface area (Å²) in [6.45, 7) is 0. The number of rotatable bonds is 0. The molecule has 0 aliphatic heterocycles. The van der Waals surface area contributed by atoms with E-state index < -0.39 is 8.67 Å². The maximum absolute atomic E-state index is 5.99. The van der Waals surface area contributed by atoms with Crippen molar-refractivity contribution in [3.8, 4) is 0 Å². The van der Waals surface area contributed by atoms with Crippen LogP contribution in [0.5, 0.6) is 0 Å². The molecule has 0 N–H and O–H groups in total. The average molecular weight is 380 g/mol. The van der Waals surface area contributed by atoms with Crippen LogP contribution in [0.15, 0.2) is 31.3 Å². The molecular formula is C8Cl8. The lowest BCUT2D eigenvalue weighted by molar-refractivity contribution is 0.840. The highest BCUT2D eigenvalue weighted by Crippen LogP contribution is 2.64. The normalized spacial score (nSPS) is 27.0. The highest BCUT2D eigenvalue weighted by atomic mass is 35.5. The maximum Gasteiger partial charge on any atom is 0.191 e. The Kier molecular flexibility index (Phi) is 3.50. The standard InChI is InChI=1S/C8Cl8/c9-3-1-2(4(3)10)6(12)8(15,16)7(13,14)5(1)11. The number of fused-ring (bicyclic) bond motifs is 1. The van der Waals surface area contributed by atoms with Crippen molar-refractivity contribution in [3.05, 3.63) is 31.3 Å². The predicted molar refractivity (Wildman–Crippen MR) is 73.4 cm³/mol. The Morgan fingerprint density at radius 3 is 1.06 bits per heavy atom. The SMILES string of the molecule is ClC1=C(Cl)C2=C(Cl)C(Cl)(Cl)C(Cl)(Cl)C(Cl)=C12. The number of alkyl halides is 4. The van der Waals surface area contributed by atoms with Gasteiger partial charge in [-0.15, -0.1) is 0 Å². The summed E-state index contributed by atoms with van der Waals surface area (Å²) in [4.78, 5) is 0. The molecule has 0 aromatic rings. The van der Waals surface area contributed by atoms with Crippen LogP contribution in [0.2, 0.25) is 0 Å². The van der Waals surface area contributed by atoms with Crippen molar-refractivity contribution in [1.82, 2.24) is 0 Å². The molecule has 88 valence electrons. The van der Waals surface area contributed by atoms with Gasteiger partial charge in [0.15, 0.2) is 8.67 Å².